The average Bonchev–Trinajstić information content (AvgIpc) is 3.37. The number of aromatic carboxylic acids is 1. The number of benzene rings is 2. The van der Waals surface area contributed by atoms with Gasteiger partial charge in [-0.1, -0.05) is 67.1 Å². The highest BCUT2D eigenvalue weighted by atomic mass is 16.4. The number of unbranched alkanes of at least 4 members (excludes halogenated alkanes) is 3. The van der Waals surface area contributed by atoms with Crippen LogP contribution in [0.5, 0.6) is 0 Å². The van der Waals surface area contributed by atoms with E-state index in [2.05, 4.69) is 12.2 Å². The second-order valence-electron chi connectivity index (χ2n) is 9.43. The van der Waals surface area contributed by atoms with E-state index < -0.39 is 5.97 Å². The van der Waals surface area contributed by atoms with Crippen molar-refractivity contribution in [2.75, 3.05) is 0 Å². The van der Waals surface area contributed by atoms with Gasteiger partial charge in [-0.25, -0.2) is 4.79 Å². The third kappa shape index (κ3) is 4.86. The van der Waals surface area contributed by atoms with Gasteiger partial charge in [-0.15, -0.1) is 0 Å². The number of rotatable bonds is 10. The van der Waals surface area contributed by atoms with Crippen molar-refractivity contribution in [2.45, 2.75) is 70.6 Å². The van der Waals surface area contributed by atoms with Crippen LogP contribution >= 0.6 is 0 Å². The summed E-state index contributed by atoms with van der Waals surface area (Å²) >= 11 is 0. The molecule has 2 nitrogen and oxygen atoms in total. The highest BCUT2D eigenvalue weighted by Crippen LogP contribution is 2.56. The van der Waals surface area contributed by atoms with E-state index in [1.807, 2.05) is 48.5 Å². The first-order chi connectivity index (χ1) is 14.7. The average molecular weight is 403 g/mol. The first-order valence-electron chi connectivity index (χ1n) is 11.7. The van der Waals surface area contributed by atoms with Gasteiger partial charge >= 0.3 is 5.97 Å². The zero-order valence-corrected chi connectivity index (χ0v) is 18.0. The Balaban J connectivity index is 1.25. The molecule has 158 valence electrons. The maximum Gasteiger partial charge on any atom is 0.336 e. The topological polar surface area (TPSA) is 37.3 Å². The Morgan fingerprint density at radius 2 is 1.77 bits per heavy atom. The summed E-state index contributed by atoms with van der Waals surface area (Å²) in [4.78, 5) is 12.0. The molecule has 0 heterocycles. The van der Waals surface area contributed by atoms with Gasteiger partial charge in [-0.3, -0.25) is 0 Å². The molecule has 0 aromatic heterocycles. The Labute approximate surface area is 181 Å². The summed E-state index contributed by atoms with van der Waals surface area (Å²) in [5, 5.41) is 9.83. The lowest BCUT2D eigenvalue weighted by Crippen LogP contribution is -2.12. The zero-order chi connectivity index (χ0) is 20.8. The van der Waals surface area contributed by atoms with Crippen molar-refractivity contribution in [3.63, 3.8) is 0 Å². The lowest BCUT2D eigenvalue weighted by Gasteiger charge is -2.24. The molecule has 0 radical (unpaired) electrons. The van der Waals surface area contributed by atoms with Crippen molar-refractivity contribution in [3.05, 3.63) is 71.8 Å². The molecule has 0 spiro atoms. The van der Waals surface area contributed by atoms with Crippen LogP contribution in [0.15, 0.2) is 60.7 Å². The van der Waals surface area contributed by atoms with Gasteiger partial charge in [0.1, 0.15) is 0 Å². The molecule has 2 bridgehead atoms. The summed E-state index contributed by atoms with van der Waals surface area (Å²) in [7, 11) is 0. The predicted molar refractivity (Wildman–Crippen MR) is 124 cm³/mol. The normalized spacial score (nSPS) is 22.7. The molecular weight excluding hydrogens is 368 g/mol. The number of fused-ring (bicyclic) bond motifs is 2. The van der Waals surface area contributed by atoms with Gasteiger partial charge in [0.05, 0.1) is 5.56 Å². The van der Waals surface area contributed by atoms with Crippen LogP contribution in [0.2, 0.25) is 0 Å². The molecule has 2 aliphatic rings. The van der Waals surface area contributed by atoms with Crippen molar-refractivity contribution in [1.82, 2.24) is 0 Å². The number of carbonyl (C=O) groups is 1. The SMILES string of the molecule is O=C(O)c1c(CCCCCC=CCC23CCC(CC2)C3)cccc1-c1ccccc1. The zero-order valence-electron chi connectivity index (χ0n) is 18.0. The van der Waals surface area contributed by atoms with Crippen molar-refractivity contribution >= 4 is 5.97 Å². The van der Waals surface area contributed by atoms with Crippen LogP contribution in [0.25, 0.3) is 11.1 Å². The van der Waals surface area contributed by atoms with Crippen LogP contribution < -0.4 is 0 Å². The summed E-state index contributed by atoms with van der Waals surface area (Å²) in [6.45, 7) is 0. The largest absolute Gasteiger partial charge is 0.478 e. The van der Waals surface area contributed by atoms with Crippen molar-refractivity contribution in [1.29, 1.82) is 0 Å². The molecule has 2 aliphatic carbocycles. The van der Waals surface area contributed by atoms with Gasteiger partial charge in [0.15, 0.2) is 0 Å². The predicted octanol–water partition coefficient (Wildman–Crippen LogP) is 7.68. The smallest absolute Gasteiger partial charge is 0.336 e. The first-order valence-corrected chi connectivity index (χ1v) is 11.7. The van der Waals surface area contributed by atoms with Gasteiger partial charge in [-0.05, 0) is 92.2 Å². The molecule has 0 aliphatic heterocycles. The number of hydrogen-bond acceptors (Lipinski definition) is 1. The van der Waals surface area contributed by atoms with E-state index in [4.69, 9.17) is 0 Å². The highest BCUT2D eigenvalue weighted by Gasteiger charge is 2.43. The Morgan fingerprint density at radius 3 is 2.47 bits per heavy atom. The van der Waals surface area contributed by atoms with E-state index in [9.17, 15) is 9.90 Å². The lowest BCUT2D eigenvalue weighted by atomic mass is 9.81. The summed E-state index contributed by atoms with van der Waals surface area (Å²) in [6, 6.07) is 15.7. The summed E-state index contributed by atoms with van der Waals surface area (Å²) in [6.07, 6.45) is 18.8. The van der Waals surface area contributed by atoms with E-state index in [-0.39, 0.29) is 0 Å². The van der Waals surface area contributed by atoms with Gasteiger partial charge in [-0.2, -0.15) is 0 Å². The van der Waals surface area contributed by atoms with Crippen LogP contribution in [-0.4, -0.2) is 11.1 Å². The minimum atomic E-state index is -0.826. The van der Waals surface area contributed by atoms with Crippen molar-refractivity contribution in [2.24, 2.45) is 11.3 Å². The molecule has 4 rings (SSSR count). The molecule has 0 unspecified atom stereocenters. The molecule has 0 atom stereocenters. The molecule has 2 heteroatoms. The van der Waals surface area contributed by atoms with E-state index in [1.165, 1.54) is 44.9 Å². The van der Waals surface area contributed by atoms with Crippen LogP contribution in [-0.2, 0) is 6.42 Å². The van der Waals surface area contributed by atoms with Crippen LogP contribution in [0.1, 0.15) is 80.1 Å². The Hall–Kier alpha value is -2.35. The molecule has 0 saturated heterocycles. The van der Waals surface area contributed by atoms with Crippen LogP contribution in [0.3, 0.4) is 0 Å². The van der Waals surface area contributed by atoms with Crippen molar-refractivity contribution in [3.8, 4) is 11.1 Å². The fraction of sp³-hybridized carbons (Fsp3) is 0.464. The van der Waals surface area contributed by atoms with E-state index in [1.54, 1.807) is 0 Å². The van der Waals surface area contributed by atoms with Crippen molar-refractivity contribution < 1.29 is 9.90 Å². The highest BCUT2D eigenvalue weighted by molar-refractivity contribution is 5.97. The third-order valence-corrected chi connectivity index (χ3v) is 7.37. The lowest BCUT2D eigenvalue weighted by molar-refractivity contribution is 0.0696. The molecular formula is C28H34O2. The Kier molecular flexibility index (Phi) is 6.72. The fourth-order valence-electron chi connectivity index (χ4n) is 5.72. The maximum absolute atomic E-state index is 12.0. The van der Waals surface area contributed by atoms with Gasteiger partial charge < -0.3 is 5.11 Å². The number of aryl methyl sites for hydroxylation is 1. The minimum Gasteiger partial charge on any atom is -0.478 e. The standard InChI is InChI=1S/C28H34O2/c29-27(30)26-24(14-10-15-25(26)23-11-7-5-8-12-23)13-6-3-1-2-4-9-18-28-19-16-22(21-28)17-20-28/h4-5,7-12,14-15,22H,1-3,6,13,16-21H2,(H,29,30). The number of hydrogen-bond donors (Lipinski definition) is 1. The van der Waals surface area contributed by atoms with E-state index in [0.29, 0.717) is 11.0 Å². The van der Waals surface area contributed by atoms with Crippen LogP contribution in [0.4, 0.5) is 0 Å². The van der Waals surface area contributed by atoms with Crippen LogP contribution in [0, 0.1) is 11.3 Å². The summed E-state index contributed by atoms with van der Waals surface area (Å²) < 4.78 is 0. The third-order valence-electron chi connectivity index (χ3n) is 7.37. The van der Waals surface area contributed by atoms with Gasteiger partial charge in [0.25, 0.3) is 0 Å². The van der Waals surface area contributed by atoms with Gasteiger partial charge in [0.2, 0.25) is 0 Å². The molecule has 2 aromatic rings. The molecule has 2 saturated carbocycles. The maximum atomic E-state index is 12.0. The molecule has 2 aromatic carbocycles. The Bertz CT molecular complexity index is 873. The molecule has 2 fully saturated rings. The second kappa shape index (κ2) is 9.64. The number of carboxylic acid groups (broad SMARTS) is 1. The van der Waals surface area contributed by atoms with Gasteiger partial charge in [0, 0.05) is 0 Å². The van der Waals surface area contributed by atoms with E-state index in [0.717, 1.165) is 48.3 Å². The molecule has 0 amide bonds. The quantitative estimate of drug-likeness (QED) is 0.327. The number of carboxylic acids is 1. The molecule has 30 heavy (non-hydrogen) atoms. The first kappa shape index (κ1) is 20.9. The second-order valence-corrected chi connectivity index (χ2v) is 9.43. The summed E-state index contributed by atoms with van der Waals surface area (Å²) in [5.74, 6) is 0.210. The monoisotopic (exact) mass is 402 g/mol. The Morgan fingerprint density at radius 1 is 0.967 bits per heavy atom. The fourth-order valence-corrected chi connectivity index (χ4v) is 5.72. The number of allylic oxidation sites excluding steroid dienone is 2. The van der Waals surface area contributed by atoms with E-state index >= 15 is 0 Å². The molecule has 1 N–H and O–H groups in total. The summed E-state index contributed by atoms with van der Waals surface area (Å²) in [5.41, 5.74) is 3.88. The minimum absolute atomic E-state index is 0.467.